The summed E-state index contributed by atoms with van der Waals surface area (Å²) in [6, 6.07) is 10.4. The van der Waals surface area contributed by atoms with Gasteiger partial charge in [0.15, 0.2) is 0 Å². The monoisotopic (exact) mass is 499 g/mol. The Hall–Kier alpha value is -2.29. The van der Waals surface area contributed by atoms with Gasteiger partial charge < -0.3 is 14.2 Å². The number of halogens is 4. The maximum atomic E-state index is 12.9. The van der Waals surface area contributed by atoms with Crippen LogP contribution in [0.2, 0.25) is 5.02 Å². The van der Waals surface area contributed by atoms with E-state index in [2.05, 4.69) is 4.90 Å². The van der Waals surface area contributed by atoms with E-state index in [1.54, 1.807) is 12.1 Å². The molecular weight excluding hydrogens is 471 g/mol. The molecule has 0 aromatic heterocycles. The number of nitrogens with zero attached hydrogens (tertiary/aromatic N) is 1. The second kappa shape index (κ2) is 11.0. The van der Waals surface area contributed by atoms with Crippen LogP contribution >= 0.6 is 11.6 Å². The Morgan fingerprint density at radius 1 is 1.15 bits per heavy atom. The van der Waals surface area contributed by atoms with Gasteiger partial charge in [0.2, 0.25) is 0 Å². The second-order valence-electron chi connectivity index (χ2n) is 9.16. The van der Waals surface area contributed by atoms with Gasteiger partial charge in [0.05, 0.1) is 24.7 Å². The molecule has 0 aliphatic carbocycles. The van der Waals surface area contributed by atoms with E-state index in [9.17, 15) is 18.0 Å². The highest BCUT2D eigenvalue weighted by molar-refractivity contribution is 6.31. The molecule has 34 heavy (non-hydrogen) atoms. The molecule has 0 saturated carbocycles. The lowest BCUT2D eigenvalue weighted by Crippen LogP contribution is -2.39. The predicted octanol–water partition coefficient (Wildman–Crippen LogP) is 6.04. The van der Waals surface area contributed by atoms with Crippen molar-refractivity contribution in [2.75, 3.05) is 26.2 Å². The van der Waals surface area contributed by atoms with Gasteiger partial charge in [-0.1, -0.05) is 23.7 Å². The molecule has 0 radical (unpaired) electrons. The highest BCUT2D eigenvalue weighted by atomic mass is 35.5. The molecule has 2 aromatic rings. The fraction of sp³-hybridized carbons (Fsp3) is 0.480. The van der Waals surface area contributed by atoms with E-state index in [0.717, 1.165) is 24.2 Å². The van der Waals surface area contributed by atoms with Gasteiger partial charge in [-0.25, -0.2) is 0 Å². The summed E-state index contributed by atoms with van der Waals surface area (Å²) in [6.45, 7) is 7.96. The quantitative estimate of drug-likeness (QED) is 0.434. The Kier molecular flexibility index (Phi) is 8.49. The largest absolute Gasteiger partial charge is 0.489 e. The fourth-order valence-corrected chi connectivity index (χ4v) is 3.72. The Labute approximate surface area is 202 Å². The van der Waals surface area contributed by atoms with Gasteiger partial charge in [-0.2, -0.15) is 13.2 Å². The van der Waals surface area contributed by atoms with Gasteiger partial charge in [0, 0.05) is 30.2 Å². The molecule has 1 heterocycles. The summed E-state index contributed by atoms with van der Waals surface area (Å²) in [4.78, 5) is 14.1. The zero-order chi connectivity index (χ0) is 24.9. The van der Waals surface area contributed by atoms with E-state index >= 15 is 0 Å². The minimum absolute atomic E-state index is 0.0829. The lowest BCUT2D eigenvalue weighted by Gasteiger charge is -2.33. The summed E-state index contributed by atoms with van der Waals surface area (Å²) in [5.41, 5.74) is -0.0549. The van der Waals surface area contributed by atoms with Crippen LogP contribution in [0.4, 0.5) is 13.2 Å². The molecule has 1 aliphatic rings. The number of hydrogen-bond acceptors (Lipinski definition) is 5. The van der Waals surface area contributed by atoms with Crippen molar-refractivity contribution < 1.29 is 32.2 Å². The third-order valence-corrected chi connectivity index (χ3v) is 5.59. The molecule has 1 unspecified atom stereocenters. The Balaban J connectivity index is 1.54. The maximum absolute atomic E-state index is 12.9. The number of carbonyl (C=O) groups is 1. The number of morpholine rings is 1. The van der Waals surface area contributed by atoms with Crippen LogP contribution in [0, 0.1) is 0 Å². The first kappa shape index (κ1) is 26.3. The highest BCUT2D eigenvalue weighted by Gasteiger charge is 2.31. The first-order valence-electron chi connectivity index (χ1n) is 11.0. The fourth-order valence-electron chi connectivity index (χ4n) is 3.55. The molecule has 1 saturated heterocycles. The van der Waals surface area contributed by atoms with Crippen molar-refractivity contribution in [3.63, 3.8) is 0 Å². The molecule has 0 amide bonds. The highest BCUT2D eigenvalue weighted by Crippen LogP contribution is 2.32. The van der Waals surface area contributed by atoms with Crippen molar-refractivity contribution in [2.45, 2.75) is 51.7 Å². The van der Waals surface area contributed by atoms with Crippen molar-refractivity contribution in [3.8, 4) is 5.75 Å². The minimum atomic E-state index is -4.44. The molecular formula is C25H29ClF3NO4. The number of alkyl halides is 3. The van der Waals surface area contributed by atoms with Gasteiger partial charge in [-0.05, 0) is 56.7 Å². The molecule has 0 N–H and O–H groups in total. The maximum Gasteiger partial charge on any atom is 0.416 e. The summed E-state index contributed by atoms with van der Waals surface area (Å²) in [6.07, 6.45) is -4.28. The van der Waals surface area contributed by atoms with E-state index in [1.165, 1.54) is 6.07 Å². The summed E-state index contributed by atoms with van der Waals surface area (Å²) < 4.78 is 55.7. The van der Waals surface area contributed by atoms with Crippen LogP contribution in [0.15, 0.2) is 42.5 Å². The van der Waals surface area contributed by atoms with Crippen LogP contribution in [-0.4, -0.2) is 42.7 Å². The predicted molar refractivity (Wildman–Crippen MR) is 123 cm³/mol. The molecule has 5 nitrogen and oxygen atoms in total. The smallest absolute Gasteiger partial charge is 0.416 e. The molecule has 9 heteroatoms. The van der Waals surface area contributed by atoms with Crippen LogP contribution < -0.4 is 4.74 Å². The molecule has 3 rings (SSSR count). The lowest BCUT2D eigenvalue weighted by molar-refractivity contribution is -0.155. The van der Waals surface area contributed by atoms with Crippen molar-refractivity contribution in [2.24, 2.45) is 0 Å². The van der Waals surface area contributed by atoms with Gasteiger partial charge in [-0.15, -0.1) is 0 Å². The third kappa shape index (κ3) is 7.89. The normalized spacial score (nSPS) is 17.4. The summed E-state index contributed by atoms with van der Waals surface area (Å²) >= 11 is 6.03. The van der Waals surface area contributed by atoms with E-state index < -0.39 is 17.3 Å². The number of hydrogen-bond donors (Lipinski definition) is 0. The van der Waals surface area contributed by atoms with Crippen molar-refractivity contribution in [1.82, 2.24) is 4.90 Å². The first-order chi connectivity index (χ1) is 15.9. The van der Waals surface area contributed by atoms with Gasteiger partial charge in [0.1, 0.15) is 18.0 Å². The van der Waals surface area contributed by atoms with E-state index in [1.807, 2.05) is 32.9 Å². The Bertz CT molecular complexity index is 974. The molecule has 0 bridgehead atoms. The molecule has 2 aromatic carbocycles. The Morgan fingerprint density at radius 3 is 2.50 bits per heavy atom. The van der Waals surface area contributed by atoms with Gasteiger partial charge in [-0.3, -0.25) is 9.69 Å². The van der Waals surface area contributed by atoms with Crippen molar-refractivity contribution in [1.29, 1.82) is 0 Å². The van der Waals surface area contributed by atoms with E-state index in [0.29, 0.717) is 31.9 Å². The average molecular weight is 500 g/mol. The minimum Gasteiger partial charge on any atom is -0.489 e. The molecule has 1 aliphatic heterocycles. The van der Waals surface area contributed by atoms with Crippen LogP contribution in [0.25, 0.3) is 0 Å². The Morgan fingerprint density at radius 2 is 1.85 bits per heavy atom. The number of rotatable bonds is 7. The van der Waals surface area contributed by atoms with Gasteiger partial charge >= 0.3 is 12.1 Å². The SMILES string of the molecule is CC(C)(C)OC(=O)CCN1CCOC(c2ccc(OCc3cc(C(F)(F)F)ccc3Cl)cc2)C1. The van der Waals surface area contributed by atoms with Crippen LogP contribution in [-0.2, 0) is 27.1 Å². The summed E-state index contributed by atoms with van der Waals surface area (Å²) in [5, 5.41) is 0.215. The molecule has 1 atom stereocenters. The van der Waals surface area contributed by atoms with Crippen molar-refractivity contribution >= 4 is 17.6 Å². The lowest BCUT2D eigenvalue weighted by atomic mass is 10.1. The molecule has 186 valence electrons. The molecule has 1 fully saturated rings. The third-order valence-electron chi connectivity index (χ3n) is 5.22. The number of benzene rings is 2. The number of carbonyl (C=O) groups excluding carboxylic acids is 1. The average Bonchev–Trinajstić information content (AvgIpc) is 2.76. The summed E-state index contributed by atoms with van der Waals surface area (Å²) in [5.74, 6) is 0.285. The first-order valence-corrected chi connectivity index (χ1v) is 11.4. The zero-order valence-corrected chi connectivity index (χ0v) is 20.2. The number of esters is 1. The summed E-state index contributed by atoms with van der Waals surface area (Å²) in [7, 11) is 0. The van der Waals surface area contributed by atoms with E-state index in [4.69, 9.17) is 25.8 Å². The van der Waals surface area contributed by atoms with E-state index in [-0.39, 0.29) is 29.3 Å². The van der Waals surface area contributed by atoms with Crippen molar-refractivity contribution in [3.05, 3.63) is 64.2 Å². The van der Waals surface area contributed by atoms with Crippen LogP contribution in [0.1, 0.15) is 50.0 Å². The van der Waals surface area contributed by atoms with Crippen LogP contribution in [0.3, 0.4) is 0 Å². The zero-order valence-electron chi connectivity index (χ0n) is 19.5. The number of ether oxygens (including phenoxy) is 3. The second-order valence-corrected chi connectivity index (χ2v) is 9.57. The standard InChI is InChI=1S/C25H29ClF3NO4/c1-24(2,3)34-23(31)10-11-30-12-13-32-22(15-30)17-4-7-20(8-5-17)33-16-18-14-19(25(27,28)29)6-9-21(18)26/h4-9,14,22H,10-13,15-16H2,1-3H3. The topological polar surface area (TPSA) is 48.0 Å². The van der Waals surface area contributed by atoms with Gasteiger partial charge in [0.25, 0.3) is 0 Å². The molecule has 0 spiro atoms. The van der Waals surface area contributed by atoms with Crippen LogP contribution in [0.5, 0.6) is 5.75 Å².